The van der Waals surface area contributed by atoms with E-state index >= 15 is 0 Å². The van der Waals surface area contributed by atoms with Crippen molar-refractivity contribution in [3.05, 3.63) is 24.3 Å². The Morgan fingerprint density at radius 1 is 1.12 bits per heavy atom. The second-order valence-electron chi connectivity index (χ2n) is 5.92. The van der Waals surface area contributed by atoms with Crippen LogP contribution in [0.1, 0.15) is 39.5 Å². The third kappa shape index (κ3) is 5.34. The van der Waals surface area contributed by atoms with Crippen LogP contribution in [0.4, 0.5) is 0 Å². The van der Waals surface area contributed by atoms with Crippen LogP contribution >= 0.6 is 12.4 Å². The molecule has 0 radical (unpaired) electrons. The standard InChI is InChI=1S/C17H28N2O3S.ClH/c1-3-13-19(15-9-11-18-12-10-15)23(20,21)17-7-5-16(6-8-17)22-14-4-2;/h5-8,15,18H,3-4,9-14H2,1-2H3;1H. The van der Waals surface area contributed by atoms with E-state index in [2.05, 4.69) is 5.32 Å². The summed E-state index contributed by atoms with van der Waals surface area (Å²) in [6.45, 7) is 7.03. The summed E-state index contributed by atoms with van der Waals surface area (Å²) in [6, 6.07) is 6.90. The fraction of sp³-hybridized carbons (Fsp3) is 0.647. The SMILES string of the molecule is CCCOc1ccc(S(=O)(=O)N(CCC)C2CCNCC2)cc1.Cl. The summed E-state index contributed by atoms with van der Waals surface area (Å²) in [4.78, 5) is 0.355. The Morgan fingerprint density at radius 3 is 2.29 bits per heavy atom. The summed E-state index contributed by atoms with van der Waals surface area (Å²) in [7, 11) is -3.45. The van der Waals surface area contributed by atoms with Crippen molar-refractivity contribution in [3.63, 3.8) is 0 Å². The molecule has 1 aliphatic rings. The number of benzene rings is 1. The van der Waals surface area contributed by atoms with Gasteiger partial charge in [0.1, 0.15) is 5.75 Å². The fourth-order valence-corrected chi connectivity index (χ4v) is 4.65. The zero-order chi connectivity index (χ0) is 16.7. The van der Waals surface area contributed by atoms with E-state index in [1.54, 1.807) is 28.6 Å². The summed E-state index contributed by atoms with van der Waals surface area (Å²) >= 11 is 0. The van der Waals surface area contributed by atoms with Gasteiger partial charge < -0.3 is 10.1 Å². The van der Waals surface area contributed by atoms with E-state index in [9.17, 15) is 8.42 Å². The molecule has 1 N–H and O–H groups in total. The van der Waals surface area contributed by atoms with E-state index in [1.807, 2.05) is 13.8 Å². The minimum atomic E-state index is -3.45. The first kappa shape index (κ1) is 21.2. The average molecular weight is 377 g/mol. The fourth-order valence-electron chi connectivity index (χ4n) is 2.88. The minimum absolute atomic E-state index is 0. The first-order valence-electron chi connectivity index (χ1n) is 8.55. The predicted molar refractivity (Wildman–Crippen MR) is 99.6 cm³/mol. The van der Waals surface area contributed by atoms with Crippen molar-refractivity contribution in [1.29, 1.82) is 0 Å². The lowest BCUT2D eigenvalue weighted by atomic mass is 10.1. The second kappa shape index (κ2) is 10.2. The van der Waals surface area contributed by atoms with Gasteiger partial charge in [0.2, 0.25) is 10.0 Å². The van der Waals surface area contributed by atoms with Crippen molar-refractivity contribution in [3.8, 4) is 5.75 Å². The highest BCUT2D eigenvalue weighted by Crippen LogP contribution is 2.24. The molecule has 2 rings (SSSR count). The van der Waals surface area contributed by atoms with Crippen molar-refractivity contribution in [2.75, 3.05) is 26.2 Å². The number of ether oxygens (including phenoxy) is 1. The van der Waals surface area contributed by atoms with Crippen molar-refractivity contribution in [2.45, 2.75) is 50.5 Å². The third-order valence-corrected chi connectivity index (χ3v) is 6.03. The van der Waals surface area contributed by atoms with Crippen LogP contribution in [0.2, 0.25) is 0 Å². The molecule has 0 unspecified atom stereocenters. The molecule has 1 aromatic carbocycles. The number of nitrogens with zero attached hydrogens (tertiary/aromatic N) is 1. The Balaban J connectivity index is 0.00000288. The van der Waals surface area contributed by atoms with Gasteiger partial charge in [-0.15, -0.1) is 12.4 Å². The van der Waals surface area contributed by atoms with Crippen molar-refractivity contribution >= 4 is 22.4 Å². The molecule has 0 spiro atoms. The predicted octanol–water partition coefficient (Wildman–Crippen LogP) is 3.05. The topological polar surface area (TPSA) is 58.6 Å². The third-order valence-electron chi connectivity index (χ3n) is 4.06. The molecule has 0 saturated carbocycles. The van der Waals surface area contributed by atoms with Gasteiger partial charge in [0.15, 0.2) is 0 Å². The second-order valence-corrected chi connectivity index (χ2v) is 7.81. The van der Waals surface area contributed by atoms with E-state index in [0.29, 0.717) is 18.0 Å². The molecular formula is C17H29ClN2O3S. The molecule has 1 aromatic rings. The molecule has 138 valence electrons. The number of nitrogens with one attached hydrogen (secondary N) is 1. The van der Waals surface area contributed by atoms with E-state index in [4.69, 9.17) is 4.74 Å². The molecule has 7 heteroatoms. The first-order valence-corrected chi connectivity index (χ1v) is 9.99. The lowest BCUT2D eigenvalue weighted by Crippen LogP contribution is -2.46. The van der Waals surface area contributed by atoms with Crippen LogP contribution in [0.3, 0.4) is 0 Å². The highest BCUT2D eigenvalue weighted by Gasteiger charge is 2.31. The van der Waals surface area contributed by atoms with Crippen LogP contribution < -0.4 is 10.1 Å². The van der Waals surface area contributed by atoms with Crippen LogP contribution in [0.15, 0.2) is 29.2 Å². The van der Waals surface area contributed by atoms with Gasteiger partial charge in [0.05, 0.1) is 11.5 Å². The lowest BCUT2D eigenvalue weighted by Gasteiger charge is -2.33. The molecule has 24 heavy (non-hydrogen) atoms. The van der Waals surface area contributed by atoms with E-state index in [1.165, 1.54) is 0 Å². The van der Waals surface area contributed by atoms with Crippen molar-refractivity contribution in [1.82, 2.24) is 9.62 Å². The number of hydrogen-bond acceptors (Lipinski definition) is 4. The number of piperidine rings is 1. The molecule has 0 bridgehead atoms. The number of hydrogen-bond donors (Lipinski definition) is 1. The number of sulfonamides is 1. The largest absolute Gasteiger partial charge is 0.494 e. The molecule has 1 heterocycles. The van der Waals surface area contributed by atoms with E-state index < -0.39 is 10.0 Å². The van der Waals surface area contributed by atoms with Gasteiger partial charge in [-0.1, -0.05) is 13.8 Å². The maximum atomic E-state index is 13.0. The van der Waals surface area contributed by atoms with Gasteiger partial charge in [-0.3, -0.25) is 0 Å². The number of halogens is 1. The molecule has 5 nitrogen and oxygen atoms in total. The van der Waals surface area contributed by atoms with Crippen LogP contribution in [0.5, 0.6) is 5.75 Å². The van der Waals surface area contributed by atoms with Gasteiger partial charge in [0, 0.05) is 12.6 Å². The summed E-state index contributed by atoms with van der Waals surface area (Å²) in [6.07, 6.45) is 3.49. The number of rotatable bonds is 8. The smallest absolute Gasteiger partial charge is 0.243 e. The van der Waals surface area contributed by atoms with Crippen LogP contribution in [-0.2, 0) is 10.0 Å². The molecule has 1 aliphatic heterocycles. The van der Waals surface area contributed by atoms with Crippen molar-refractivity contribution < 1.29 is 13.2 Å². The summed E-state index contributed by atoms with van der Waals surface area (Å²) in [5, 5.41) is 3.29. The highest BCUT2D eigenvalue weighted by atomic mass is 35.5. The maximum Gasteiger partial charge on any atom is 0.243 e. The van der Waals surface area contributed by atoms with Crippen LogP contribution in [-0.4, -0.2) is 45.0 Å². The van der Waals surface area contributed by atoms with Crippen LogP contribution in [0.25, 0.3) is 0 Å². The Labute approximate surface area is 152 Å². The maximum absolute atomic E-state index is 13.0. The molecule has 1 saturated heterocycles. The monoisotopic (exact) mass is 376 g/mol. The quantitative estimate of drug-likeness (QED) is 0.757. The van der Waals surface area contributed by atoms with E-state index in [-0.39, 0.29) is 18.4 Å². The molecule has 0 aromatic heterocycles. The Bertz CT molecular complexity index is 572. The summed E-state index contributed by atoms with van der Waals surface area (Å²) in [5.41, 5.74) is 0. The van der Waals surface area contributed by atoms with Gasteiger partial charge in [-0.25, -0.2) is 8.42 Å². The zero-order valence-electron chi connectivity index (χ0n) is 14.5. The summed E-state index contributed by atoms with van der Waals surface area (Å²) < 4.78 is 33.2. The molecule has 1 fully saturated rings. The van der Waals surface area contributed by atoms with E-state index in [0.717, 1.165) is 44.5 Å². The molecular weight excluding hydrogens is 348 g/mol. The lowest BCUT2D eigenvalue weighted by molar-refractivity contribution is 0.262. The molecule has 0 aliphatic carbocycles. The summed E-state index contributed by atoms with van der Waals surface area (Å²) in [5.74, 6) is 0.717. The Kier molecular flexibility index (Phi) is 9.05. The Hall–Kier alpha value is -0.820. The molecule has 0 atom stereocenters. The minimum Gasteiger partial charge on any atom is -0.494 e. The van der Waals surface area contributed by atoms with Gasteiger partial charge in [0.25, 0.3) is 0 Å². The normalized spacial score (nSPS) is 16.0. The van der Waals surface area contributed by atoms with Gasteiger partial charge >= 0.3 is 0 Å². The van der Waals surface area contributed by atoms with Gasteiger partial charge in [-0.2, -0.15) is 4.31 Å². The first-order chi connectivity index (χ1) is 11.1. The van der Waals surface area contributed by atoms with Crippen LogP contribution in [0, 0.1) is 0 Å². The zero-order valence-corrected chi connectivity index (χ0v) is 16.2. The Morgan fingerprint density at radius 2 is 1.75 bits per heavy atom. The highest BCUT2D eigenvalue weighted by molar-refractivity contribution is 7.89. The molecule has 0 amide bonds. The van der Waals surface area contributed by atoms with Crippen molar-refractivity contribution in [2.24, 2.45) is 0 Å². The average Bonchev–Trinajstić information content (AvgIpc) is 2.59. The van der Waals surface area contributed by atoms with Gasteiger partial charge in [-0.05, 0) is 63.0 Å².